The number of fused-ring (bicyclic) bond motifs is 1. The van der Waals surface area contributed by atoms with Crippen molar-refractivity contribution in [3.8, 4) is 6.07 Å². The van der Waals surface area contributed by atoms with E-state index in [9.17, 15) is 9.90 Å². The first-order valence-electron chi connectivity index (χ1n) is 5.97. The maximum absolute atomic E-state index is 11.7. The van der Waals surface area contributed by atoms with Gasteiger partial charge in [0.25, 0.3) is 0 Å². The number of amides is 1. The van der Waals surface area contributed by atoms with Crippen molar-refractivity contribution >= 4 is 5.91 Å². The van der Waals surface area contributed by atoms with Crippen LogP contribution < -0.4 is 0 Å². The van der Waals surface area contributed by atoms with E-state index < -0.39 is 0 Å². The summed E-state index contributed by atoms with van der Waals surface area (Å²) in [6, 6.07) is 1.90. The third-order valence-electron chi connectivity index (χ3n) is 4.19. The number of likely N-dealkylation sites (tertiary alicyclic amines) is 1. The van der Waals surface area contributed by atoms with Gasteiger partial charge in [0.05, 0.1) is 12.7 Å². The molecule has 1 saturated heterocycles. The first-order chi connectivity index (χ1) is 7.72. The van der Waals surface area contributed by atoms with Crippen LogP contribution >= 0.6 is 0 Å². The highest BCUT2D eigenvalue weighted by atomic mass is 16.3. The molecule has 1 aliphatic heterocycles. The molecule has 2 aliphatic rings. The van der Waals surface area contributed by atoms with Crippen molar-refractivity contribution in [2.45, 2.75) is 32.1 Å². The third-order valence-corrected chi connectivity index (χ3v) is 4.19. The number of aliphatic hydroxyl groups is 1. The molecule has 0 bridgehead atoms. The molecule has 4 heteroatoms. The smallest absolute Gasteiger partial charge is 0.236 e. The second kappa shape index (κ2) is 4.42. The molecule has 1 aliphatic carbocycles. The normalized spacial score (nSPS) is 33.2. The van der Waals surface area contributed by atoms with Crippen LogP contribution in [0, 0.1) is 22.7 Å². The number of nitriles is 1. The van der Waals surface area contributed by atoms with Crippen molar-refractivity contribution in [2.75, 3.05) is 19.7 Å². The fourth-order valence-electron chi connectivity index (χ4n) is 3.21. The monoisotopic (exact) mass is 222 g/mol. The van der Waals surface area contributed by atoms with E-state index in [1.807, 2.05) is 6.07 Å². The topological polar surface area (TPSA) is 64.3 Å². The van der Waals surface area contributed by atoms with Gasteiger partial charge in [0.1, 0.15) is 6.42 Å². The Balaban J connectivity index is 2.08. The van der Waals surface area contributed by atoms with E-state index in [0.717, 1.165) is 25.8 Å². The third kappa shape index (κ3) is 1.80. The molecular formula is C12H18N2O2. The van der Waals surface area contributed by atoms with E-state index in [-0.39, 0.29) is 24.3 Å². The van der Waals surface area contributed by atoms with Crippen LogP contribution in [-0.4, -0.2) is 35.6 Å². The Kier molecular flexibility index (Phi) is 3.15. The lowest BCUT2D eigenvalue weighted by Crippen LogP contribution is -2.37. The minimum atomic E-state index is -0.0790. The fraction of sp³-hybridized carbons (Fsp3) is 0.833. The Labute approximate surface area is 95.9 Å². The maximum atomic E-state index is 11.7. The van der Waals surface area contributed by atoms with Crippen molar-refractivity contribution in [3.05, 3.63) is 0 Å². The molecule has 2 fully saturated rings. The van der Waals surface area contributed by atoms with Gasteiger partial charge in [-0.1, -0.05) is 12.8 Å². The van der Waals surface area contributed by atoms with Crippen molar-refractivity contribution in [3.63, 3.8) is 0 Å². The van der Waals surface area contributed by atoms with Gasteiger partial charge in [-0.3, -0.25) is 4.79 Å². The van der Waals surface area contributed by atoms with Crippen LogP contribution in [0.25, 0.3) is 0 Å². The Bertz CT molecular complexity index is 323. The minimum absolute atomic E-state index is 0.0335. The van der Waals surface area contributed by atoms with E-state index in [0.29, 0.717) is 12.5 Å². The lowest BCUT2D eigenvalue weighted by atomic mass is 9.69. The van der Waals surface area contributed by atoms with Crippen molar-refractivity contribution in [2.24, 2.45) is 11.3 Å². The Morgan fingerprint density at radius 2 is 2.38 bits per heavy atom. The molecular weight excluding hydrogens is 204 g/mol. The molecule has 0 aromatic rings. The highest BCUT2D eigenvalue weighted by Crippen LogP contribution is 2.46. The van der Waals surface area contributed by atoms with Crippen LogP contribution in [0.2, 0.25) is 0 Å². The highest BCUT2D eigenvalue weighted by molar-refractivity contribution is 5.78. The average Bonchev–Trinajstić information content (AvgIpc) is 2.69. The van der Waals surface area contributed by atoms with Gasteiger partial charge in [-0.2, -0.15) is 5.26 Å². The quantitative estimate of drug-likeness (QED) is 0.755. The zero-order chi connectivity index (χ0) is 11.6. The Morgan fingerprint density at radius 1 is 1.56 bits per heavy atom. The van der Waals surface area contributed by atoms with Gasteiger partial charge in [0.15, 0.2) is 0 Å². The van der Waals surface area contributed by atoms with E-state index in [4.69, 9.17) is 5.26 Å². The zero-order valence-corrected chi connectivity index (χ0v) is 9.48. The van der Waals surface area contributed by atoms with Gasteiger partial charge in [-0.05, 0) is 18.8 Å². The molecule has 0 spiro atoms. The maximum Gasteiger partial charge on any atom is 0.236 e. The lowest BCUT2D eigenvalue weighted by Gasteiger charge is -2.36. The zero-order valence-electron chi connectivity index (χ0n) is 9.48. The number of carbonyl (C=O) groups excluding carboxylic acids is 1. The van der Waals surface area contributed by atoms with Crippen LogP contribution in [0.3, 0.4) is 0 Å². The average molecular weight is 222 g/mol. The minimum Gasteiger partial charge on any atom is -0.396 e. The van der Waals surface area contributed by atoms with Crippen molar-refractivity contribution < 1.29 is 9.90 Å². The molecule has 0 unspecified atom stereocenters. The molecule has 1 saturated carbocycles. The van der Waals surface area contributed by atoms with Gasteiger partial charge in [-0.15, -0.1) is 0 Å². The molecule has 0 aromatic heterocycles. The summed E-state index contributed by atoms with van der Waals surface area (Å²) in [5.74, 6) is 0.360. The molecule has 0 radical (unpaired) electrons. The second-order valence-corrected chi connectivity index (χ2v) is 5.07. The lowest BCUT2D eigenvalue weighted by molar-refractivity contribution is -0.129. The van der Waals surface area contributed by atoms with Gasteiger partial charge < -0.3 is 10.0 Å². The van der Waals surface area contributed by atoms with Gasteiger partial charge >= 0.3 is 0 Å². The number of carbonyl (C=O) groups is 1. The summed E-state index contributed by atoms with van der Waals surface area (Å²) in [5, 5.41) is 18.1. The standard InChI is InChI=1S/C12H18N2O2/c13-6-4-11(16)14-7-10-3-1-2-5-12(10,8-14)9-15/h10,15H,1-5,7-9H2/t10-,12+/m1/s1. The summed E-state index contributed by atoms with van der Waals surface area (Å²) in [6.45, 7) is 1.56. The first-order valence-corrected chi connectivity index (χ1v) is 5.97. The van der Waals surface area contributed by atoms with Crippen LogP contribution in [0.4, 0.5) is 0 Å². The molecule has 1 N–H and O–H groups in total. The van der Waals surface area contributed by atoms with E-state index in [2.05, 4.69) is 0 Å². The molecule has 2 atom stereocenters. The number of rotatable bonds is 2. The Morgan fingerprint density at radius 3 is 3.00 bits per heavy atom. The van der Waals surface area contributed by atoms with E-state index in [1.165, 1.54) is 6.42 Å². The predicted molar refractivity (Wildman–Crippen MR) is 58.3 cm³/mol. The first kappa shape index (κ1) is 11.4. The molecule has 2 rings (SSSR count). The van der Waals surface area contributed by atoms with Gasteiger partial charge in [-0.25, -0.2) is 0 Å². The molecule has 0 aromatic carbocycles. The Hall–Kier alpha value is -1.08. The summed E-state index contributed by atoms with van der Waals surface area (Å²) < 4.78 is 0. The van der Waals surface area contributed by atoms with Crippen LogP contribution in [0.1, 0.15) is 32.1 Å². The molecule has 16 heavy (non-hydrogen) atoms. The van der Waals surface area contributed by atoms with Crippen LogP contribution in [-0.2, 0) is 4.79 Å². The SMILES string of the molecule is N#CCC(=O)N1C[C@H]2CCCC[C@@]2(CO)C1. The van der Waals surface area contributed by atoms with Crippen molar-refractivity contribution in [1.82, 2.24) is 4.90 Å². The highest BCUT2D eigenvalue weighted by Gasteiger charge is 2.48. The van der Waals surface area contributed by atoms with Crippen molar-refractivity contribution in [1.29, 1.82) is 5.26 Å². The second-order valence-electron chi connectivity index (χ2n) is 5.07. The predicted octanol–water partition coefficient (Wildman–Crippen LogP) is 0.911. The van der Waals surface area contributed by atoms with Gasteiger partial charge in [0.2, 0.25) is 5.91 Å². The number of hydrogen-bond donors (Lipinski definition) is 1. The molecule has 1 amide bonds. The molecule has 88 valence electrons. The molecule has 4 nitrogen and oxygen atoms in total. The van der Waals surface area contributed by atoms with Crippen LogP contribution in [0.5, 0.6) is 0 Å². The van der Waals surface area contributed by atoms with Crippen LogP contribution in [0.15, 0.2) is 0 Å². The number of nitrogens with zero attached hydrogens (tertiary/aromatic N) is 2. The number of hydrogen-bond acceptors (Lipinski definition) is 3. The summed E-state index contributed by atoms with van der Waals surface area (Å²) in [6.07, 6.45) is 4.44. The number of aliphatic hydroxyl groups excluding tert-OH is 1. The van der Waals surface area contributed by atoms with Gasteiger partial charge in [0, 0.05) is 18.5 Å². The van der Waals surface area contributed by atoms with E-state index >= 15 is 0 Å². The summed E-state index contributed by atoms with van der Waals surface area (Å²) in [5.41, 5.74) is -0.0661. The largest absolute Gasteiger partial charge is 0.396 e. The summed E-state index contributed by atoms with van der Waals surface area (Å²) in [7, 11) is 0. The summed E-state index contributed by atoms with van der Waals surface area (Å²) >= 11 is 0. The summed E-state index contributed by atoms with van der Waals surface area (Å²) in [4.78, 5) is 13.4. The van der Waals surface area contributed by atoms with E-state index in [1.54, 1.807) is 4.90 Å². The molecule has 1 heterocycles. The fourth-order valence-corrected chi connectivity index (χ4v) is 3.21.